The van der Waals surface area contributed by atoms with Crippen LogP contribution in [-0.2, 0) is 0 Å². The van der Waals surface area contributed by atoms with Gasteiger partial charge in [0.05, 0.1) is 16.8 Å². The fourth-order valence-electron chi connectivity index (χ4n) is 1.94. The van der Waals surface area contributed by atoms with Crippen LogP contribution in [-0.4, -0.2) is 26.1 Å². The fraction of sp³-hybridized carbons (Fsp3) is 0. The molecule has 0 aliphatic rings. The molecule has 5 nitrogen and oxygen atoms in total. The van der Waals surface area contributed by atoms with E-state index in [0.29, 0.717) is 15.7 Å². The van der Waals surface area contributed by atoms with Crippen molar-refractivity contribution >= 4 is 32.9 Å². The largest absolute Gasteiger partial charge is 0.478 e. The number of fused-ring (bicyclic) bond motifs is 1. The van der Waals surface area contributed by atoms with E-state index in [1.807, 2.05) is 0 Å². The highest BCUT2D eigenvalue weighted by molar-refractivity contribution is 9.10. The molecule has 0 fully saturated rings. The van der Waals surface area contributed by atoms with Gasteiger partial charge in [0.25, 0.3) is 0 Å². The second-order valence-corrected chi connectivity index (χ2v) is 4.93. The molecule has 3 rings (SSSR count). The van der Waals surface area contributed by atoms with Crippen molar-refractivity contribution in [3.63, 3.8) is 0 Å². The van der Waals surface area contributed by atoms with Crippen molar-refractivity contribution in [3.05, 3.63) is 52.3 Å². The third-order valence-electron chi connectivity index (χ3n) is 2.84. The standard InChI is InChI=1S/C13H7BrFN3O2/c14-9-5-4-7(15)6-11(9)18-10-3-1-2-8(13(19)20)12(10)16-17-18/h1-6H,(H,19,20). The summed E-state index contributed by atoms with van der Waals surface area (Å²) in [6.07, 6.45) is 0. The zero-order valence-electron chi connectivity index (χ0n) is 9.92. The number of carboxylic acids is 1. The van der Waals surface area contributed by atoms with Crippen molar-refractivity contribution < 1.29 is 14.3 Å². The second-order valence-electron chi connectivity index (χ2n) is 4.08. The summed E-state index contributed by atoms with van der Waals surface area (Å²) in [7, 11) is 0. The van der Waals surface area contributed by atoms with Crippen LogP contribution >= 0.6 is 15.9 Å². The van der Waals surface area contributed by atoms with Crippen molar-refractivity contribution in [1.29, 1.82) is 0 Å². The van der Waals surface area contributed by atoms with Crippen LogP contribution in [0.25, 0.3) is 16.7 Å². The molecule has 1 N–H and O–H groups in total. The maximum absolute atomic E-state index is 13.4. The Bertz CT molecular complexity index is 832. The molecule has 0 bridgehead atoms. The number of benzene rings is 2. The first kappa shape index (κ1) is 12.7. The molecule has 100 valence electrons. The SMILES string of the molecule is O=C(O)c1cccc2c1nnn2-c1cc(F)ccc1Br. The van der Waals surface area contributed by atoms with Gasteiger partial charge in [0, 0.05) is 10.5 Å². The molecule has 3 aromatic rings. The summed E-state index contributed by atoms with van der Waals surface area (Å²) in [6.45, 7) is 0. The van der Waals surface area contributed by atoms with Crippen LogP contribution < -0.4 is 0 Å². The van der Waals surface area contributed by atoms with E-state index >= 15 is 0 Å². The van der Waals surface area contributed by atoms with E-state index < -0.39 is 11.8 Å². The number of hydrogen-bond donors (Lipinski definition) is 1. The highest BCUT2D eigenvalue weighted by Gasteiger charge is 2.16. The first-order valence-electron chi connectivity index (χ1n) is 5.61. The number of nitrogens with zero attached hydrogens (tertiary/aromatic N) is 3. The summed E-state index contributed by atoms with van der Waals surface area (Å²) in [6, 6.07) is 8.89. The van der Waals surface area contributed by atoms with Crippen molar-refractivity contribution in [1.82, 2.24) is 15.0 Å². The van der Waals surface area contributed by atoms with Gasteiger partial charge < -0.3 is 5.11 Å². The average Bonchev–Trinajstić information content (AvgIpc) is 2.85. The molecule has 0 spiro atoms. The van der Waals surface area contributed by atoms with Crippen LogP contribution in [0.5, 0.6) is 0 Å². The Morgan fingerprint density at radius 3 is 2.85 bits per heavy atom. The Hall–Kier alpha value is -2.28. The summed E-state index contributed by atoms with van der Waals surface area (Å²) < 4.78 is 15.4. The lowest BCUT2D eigenvalue weighted by atomic mass is 10.2. The number of aromatic nitrogens is 3. The smallest absolute Gasteiger partial charge is 0.338 e. The van der Waals surface area contributed by atoms with E-state index in [-0.39, 0.29) is 11.1 Å². The summed E-state index contributed by atoms with van der Waals surface area (Å²) >= 11 is 3.31. The summed E-state index contributed by atoms with van der Waals surface area (Å²) in [5, 5.41) is 16.9. The Kier molecular flexibility index (Phi) is 2.98. The molecule has 20 heavy (non-hydrogen) atoms. The lowest BCUT2D eigenvalue weighted by Gasteiger charge is -2.05. The highest BCUT2D eigenvalue weighted by atomic mass is 79.9. The third-order valence-corrected chi connectivity index (χ3v) is 3.51. The predicted molar refractivity (Wildman–Crippen MR) is 73.5 cm³/mol. The van der Waals surface area contributed by atoms with Crippen LogP contribution in [0.4, 0.5) is 4.39 Å². The molecule has 0 amide bonds. The minimum Gasteiger partial charge on any atom is -0.478 e. The van der Waals surface area contributed by atoms with Crippen molar-refractivity contribution in [2.45, 2.75) is 0 Å². The Morgan fingerprint density at radius 2 is 2.10 bits per heavy atom. The van der Waals surface area contributed by atoms with Gasteiger partial charge in [0.1, 0.15) is 11.3 Å². The van der Waals surface area contributed by atoms with Gasteiger partial charge in [-0.15, -0.1) is 5.10 Å². The monoisotopic (exact) mass is 335 g/mol. The number of aromatic carboxylic acids is 1. The first-order chi connectivity index (χ1) is 9.58. The summed E-state index contributed by atoms with van der Waals surface area (Å²) in [5.74, 6) is -1.50. The molecule has 0 unspecified atom stereocenters. The van der Waals surface area contributed by atoms with Crippen molar-refractivity contribution in [2.24, 2.45) is 0 Å². The molecular formula is C13H7BrFN3O2. The van der Waals surface area contributed by atoms with Gasteiger partial charge in [0.15, 0.2) is 0 Å². The summed E-state index contributed by atoms with van der Waals surface area (Å²) in [5.41, 5.74) is 1.27. The molecule has 0 atom stereocenters. The zero-order valence-corrected chi connectivity index (χ0v) is 11.5. The van der Waals surface area contributed by atoms with Crippen LogP contribution in [0.15, 0.2) is 40.9 Å². The molecule has 1 heterocycles. The number of carbonyl (C=O) groups is 1. The minimum absolute atomic E-state index is 0.0567. The van der Waals surface area contributed by atoms with E-state index in [2.05, 4.69) is 26.2 Å². The highest BCUT2D eigenvalue weighted by Crippen LogP contribution is 2.25. The zero-order chi connectivity index (χ0) is 14.3. The lowest BCUT2D eigenvalue weighted by Crippen LogP contribution is -1.99. The maximum atomic E-state index is 13.4. The topological polar surface area (TPSA) is 68.0 Å². The van der Waals surface area contributed by atoms with Crippen molar-refractivity contribution in [3.8, 4) is 5.69 Å². The molecule has 0 saturated carbocycles. The quantitative estimate of drug-likeness (QED) is 0.781. The molecule has 2 aromatic carbocycles. The van der Waals surface area contributed by atoms with Crippen LogP contribution in [0.1, 0.15) is 10.4 Å². The summed E-state index contributed by atoms with van der Waals surface area (Å²) in [4.78, 5) is 11.1. The molecule has 1 aromatic heterocycles. The van der Waals surface area contributed by atoms with Gasteiger partial charge in [0.2, 0.25) is 0 Å². The van der Waals surface area contributed by atoms with Gasteiger partial charge in [-0.25, -0.2) is 13.9 Å². The van der Waals surface area contributed by atoms with E-state index in [9.17, 15) is 9.18 Å². The molecule has 0 aliphatic heterocycles. The number of halogens is 2. The molecule has 0 saturated heterocycles. The maximum Gasteiger partial charge on any atom is 0.338 e. The van der Waals surface area contributed by atoms with Gasteiger partial charge >= 0.3 is 5.97 Å². The fourth-order valence-corrected chi connectivity index (χ4v) is 2.36. The van der Waals surface area contributed by atoms with E-state index in [4.69, 9.17) is 5.11 Å². The van der Waals surface area contributed by atoms with E-state index in [0.717, 1.165) is 0 Å². The molecular weight excluding hydrogens is 329 g/mol. The normalized spacial score (nSPS) is 10.9. The number of hydrogen-bond acceptors (Lipinski definition) is 3. The van der Waals surface area contributed by atoms with E-state index in [1.165, 1.54) is 22.9 Å². The molecule has 0 radical (unpaired) electrons. The van der Waals surface area contributed by atoms with Crippen LogP contribution in [0.3, 0.4) is 0 Å². The van der Waals surface area contributed by atoms with Gasteiger partial charge in [-0.1, -0.05) is 11.3 Å². The van der Waals surface area contributed by atoms with Gasteiger partial charge in [-0.2, -0.15) is 0 Å². The number of carboxylic acid groups (broad SMARTS) is 1. The molecule has 7 heteroatoms. The lowest BCUT2D eigenvalue weighted by molar-refractivity contribution is 0.0699. The van der Waals surface area contributed by atoms with Gasteiger partial charge in [-0.05, 0) is 40.2 Å². The average molecular weight is 336 g/mol. The third kappa shape index (κ3) is 1.96. The predicted octanol–water partition coefficient (Wildman–Crippen LogP) is 3.02. The van der Waals surface area contributed by atoms with Gasteiger partial charge in [-0.3, -0.25) is 0 Å². The van der Waals surface area contributed by atoms with Crippen molar-refractivity contribution in [2.75, 3.05) is 0 Å². The minimum atomic E-state index is -1.08. The first-order valence-corrected chi connectivity index (χ1v) is 6.40. The Balaban J connectivity index is 2.31. The second kappa shape index (κ2) is 4.68. The Morgan fingerprint density at radius 1 is 1.30 bits per heavy atom. The number of rotatable bonds is 2. The van der Waals surface area contributed by atoms with Crippen LogP contribution in [0.2, 0.25) is 0 Å². The Labute approximate surface area is 120 Å². The van der Waals surface area contributed by atoms with Crippen LogP contribution in [0, 0.1) is 5.82 Å². The van der Waals surface area contributed by atoms with E-state index in [1.54, 1.807) is 18.2 Å². The molecule has 0 aliphatic carbocycles.